The average Bonchev–Trinajstić information content (AvgIpc) is 3.55. The molecule has 1 aliphatic heterocycles. The Balaban J connectivity index is 1.45. The molecular weight excluding hydrogens is 527 g/mol. The highest BCUT2D eigenvalue weighted by Crippen LogP contribution is 2.47. The van der Waals surface area contributed by atoms with E-state index in [0.29, 0.717) is 56.6 Å². The maximum atomic E-state index is 13.7. The lowest BCUT2D eigenvalue weighted by molar-refractivity contribution is 0.0489. The van der Waals surface area contributed by atoms with E-state index in [0.717, 1.165) is 0 Å². The minimum atomic E-state index is -1.60. The summed E-state index contributed by atoms with van der Waals surface area (Å²) in [5.41, 5.74) is 7.92. The van der Waals surface area contributed by atoms with Gasteiger partial charge in [0.05, 0.1) is 36.0 Å². The monoisotopic (exact) mass is 558 g/mol. The molecule has 0 spiro atoms. The van der Waals surface area contributed by atoms with Crippen molar-refractivity contribution in [2.24, 2.45) is 5.73 Å². The molecule has 0 aliphatic carbocycles. The second-order valence-corrected chi connectivity index (χ2v) is 10.5. The van der Waals surface area contributed by atoms with Crippen LogP contribution >= 0.6 is 0 Å². The number of oxazole rings is 1. The lowest BCUT2D eigenvalue weighted by Gasteiger charge is -2.27. The summed E-state index contributed by atoms with van der Waals surface area (Å²) in [6, 6.07) is 12.5. The molecule has 2 atom stereocenters. The van der Waals surface area contributed by atoms with Crippen LogP contribution in [0.5, 0.6) is 11.5 Å². The average molecular weight is 559 g/mol. The normalized spacial score (nSPS) is 17.3. The second-order valence-electron chi connectivity index (χ2n) is 10.5. The number of ether oxygens (including phenoxy) is 2. The Kier molecular flexibility index (Phi) is 7.04. The summed E-state index contributed by atoms with van der Waals surface area (Å²) < 4.78 is 30.6. The van der Waals surface area contributed by atoms with E-state index >= 15 is 0 Å². The van der Waals surface area contributed by atoms with E-state index in [1.807, 2.05) is 13.8 Å². The van der Waals surface area contributed by atoms with Crippen molar-refractivity contribution in [2.45, 2.75) is 31.8 Å². The van der Waals surface area contributed by atoms with Crippen LogP contribution in [0.25, 0.3) is 22.6 Å². The first-order valence-corrected chi connectivity index (χ1v) is 12.9. The number of aromatic nitrogens is 2. The highest BCUT2D eigenvalue weighted by Gasteiger charge is 2.42. The SMILES string of the molecule is C=C(N)[C@@]1(C)COc2c1cc([C@@](C)(O)CNC(=O)c1ccc(-c3ocnc3C)c(OC)c1)nc2-c1ccc(F)cc1. The van der Waals surface area contributed by atoms with Gasteiger partial charge in [-0.15, -0.1) is 0 Å². The van der Waals surface area contributed by atoms with E-state index in [-0.39, 0.29) is 18.8 Å². The van der Waals surface area contributed by atoms with Crippen molar-refractivity contribution < 1.29 is 28.2 Å². The summed E-state index contributed by atoms with van der Waals surface area (Å²) in [6.45, 7) is 9.28. The van der Waals surface area contributed by atoms with E-state index in [1.54, 1.807) is 43.3 Å². The van der Waals surface area contributed by atoms with Crippen molar-refractivity contribution in [2.75, 3.05) is 20.3 Å². The number of rotatable bonds is 8. The topological polar surface area (TPSA) is 133 Å². The van der Waals surface area contributed by atoms with Gasteiger partial charge in [-0.1, -0.05) is 6.58 Å². The Labute approximate surface area is 236 Å². The molecule has 41 heavy (non-hydrogen) atoms. The van der Waals surface area contributed by atoms with Gasteiger partial charge in [0.2, 0.25) is 0 Å². The van der Waals surface area contributed by atoms with Gasteiger partial charge in [0.15, 0.2) is 12.2 Å². The van der Waals surface area contributed by atoms with Crippen LogP contribution in [0.3, 0.4) is 0 Å². The standard InChI is InChI=1S/C31H31FN4O5/c1-17-27(41-16-35-17)22-11-8-20(12-24(22)39-5)29(37)34-14-31(4,38)25-13-23-28(40-15-30(23,3)18(2)33)26(36-25)19-6-9-21(32)10-7-19/h6-13,16,38H,2,14-15,33H2,1,3-5H3,(H,34,37)/t30-,31+/m1/s1. The van der Waals surface area contributed by atoms with Crippen molar-refractivity contribution >= 4 is 5.91 Å². The largest absolute Gasteiger partial charge is 0.496 e. The van der Waals surface area contributed by atoms with E-state index in [9.17, 15) is 14.3 Å². The van der Waals surface area contributed by atoms with Gasteiger partial charge in [0.1, 0.15) is 35.2 Å². The van der Waals surface area contributed by atoms with Crippen molar-refractivity contribution in [3.63, 3.8) is 0 Å². The van der Waals surface area contributed by atoms with E-state index in [1.165, 1.54) is 25.6 Å². The zero-order chi connectivity index (χ0) is 29.5. The Morgan fingerprint density at radius 3 is 2.63 bits per heavy atom. The Bertz CT molecular complexity index is 1650. The quantitative estimate of drug-likeness (QED) is 0.285. The number of hydrogen-bond acceptors (Lipinski definition) is 8. The van der Waals surface area contributed by atoms with Crippen LogP contribution in [0.4, 0.5) is 4.39 Å². The van der Waals surface area contributed by atoms with Crippen LogP contribution in [0.2, 0.25) is 0 Å². The molecule has 0 radical (unpaired) electrons. The first kappa shape index (κ1) is 27.9. The van der Waals surface area contributed by atoms with Crippen LogP contribution in [0.15, 0.2) is 71.6 Å². The number of halogens is 1. The summed E-state index contributed by atoms with van der Waals surface area (Å²) in [4.78, 5) is 22.0. The first-order valence-electron chi connectivity index (χ1n) is 12.9. The van der Waals surface area contributed by atoms with Gasteiger partial charge in [0, 0.05) is 22.4 Å². The molecule has 9 nitrogen and oxygen atoms in total. The molecule has 0 unspecified atom stereocenters. The van der Waals surface area contributed by atoms with Gasteiger partial charge in [-0.2, -0.15) is 0 Å². The number of carbonyl (C=O) groups excluding carboxylic acids is 1. The van der Waals surface area contributed by atoms with Gasteiger partial charge >= 0.3 is 0 Å². The van der Waals surface area contributed by atoms with E-state index in [2.05, 4.69) is 16.9 Å². The number of nitrogens with one attached hydrogen (secondary N) is 1. The third kappa shape index (κ3) is 5.02. The van der Waals surface area contributed by atoms with E-state index in [4.69, 9.17) is 24.6 Å². The summed E-state index contributed by atoms with van der Waals surface area (Å²) in [5.74, 6) is 0.664. The molecule has 4 N–H and O–H groups in total. The van der Waals surface area contributed by atoms with Gasteiger partial charge < -0.3 is 30.0 Å². The van der Waals surface area contributed by atoms with Crippen molar-refractivity contribution in [1.82, 2.24) is 15.3 Å². The third-order valence-corrected chi connectivity index (χ3v) is 7.50. The fraction of sp³-hybridized carbons (Fsp3) is 0.258. The molecule has 2 aromatic carbocycles. The van der Waals surface area contributed by atoms with Crippen molar-refractivity contribution in [3.05, 3.63) is 95.5 Å². The molecule has 1 amide bonds. The van der Waals surface area contributed by atoms with Gasteiger partial charge in [-0.3, -0.25) is 4.79 Å². The molecule has 3 heterocycles. The van der Waals surface area contributed by atoms with Gasteiger partial charge in [-0.05, 0) is 69.3 Å². The number of methoxy groups -OCH3 is 1. The molecule has 2 aromatic heterocycles. The Morgan fingerprint density at radius 2 is 2.00 bits per heavy atom. The molecular formula is C31H31FN4O5. The van der Waals surface area contributed by atoms with Gasteiger partial charge in [-0.25, -0.2) is 14.4 Å². The molecule has 0 saturated carbocycles. The molecule has 0 saturated heterocycles. The zero-order valence-electron chi connectivity index (χ0n) is 23.2. The van der Waals surface area contributed by atoms with Crippen LogP contribution in [0, 0.1) is 12.7 Å². The number of nitrogens with zero attached hydrogens (tertiary/aromatic N) is 2. The number of amides is 1. The minimum Gasteiger partial charge on any atom is -0.496 e. The minimum absolute atomic E-state index is 0.160. The molecule has 1 aliphatic rings. The maximum Gasteiger partial charge on any atom is 0.251 e. The lowest BCUT2D eigenvalue weighted by Crippen LogP contribution is -2.39. The molecule has 0 fully saturated rings. The number of nitrogens with two attached hydrogens (primary N) is 1. The maximum absolute atomic E-state index is 13.7. The van der Waals surface area contributed by atoms with Gasteiger partial charge in [0.25, 0.3) is 5.91 Å². The summed E-state index contributed by atoms with van der Waals surface area (Å²) in [6.07, 6.45) is 1.35. The number of carbonyl (C=O) groups is 1. The number of benzene rings is 2. The van der Waals surface area contributed by atoms with Crippen LogP contribution in [-0.4, -0.2) is 41.2 Å². The third-order valence-electron chi connectivity index (χ3n) is 7.50. The number of pyridine rings is 1. The fourth-order valence-corrected chi connectivity index (χ4v) is 4.75. The second kappa shape index (κ2) is 10.4. The number of hydrogen-bond donors (Lipinski definition) is 3. The predicted octanol–water partition coefficient (Wildman–Crippen LogP) is 4.62. The zero-order valence-corrected chi connectivity index (χ0v) is 23.2. The Morgan fingerprint density at radius 1 is 1.27 bits per heavy atom. The van der Waals surface area contributed by atoms with Crippen LogP contribution in [0.1, 0.15) is 41.2 Å². The molecule has 4 aromatic rings. The summed E-state index contributed by atoms with van der Waals surface area (Å²) >= 11 is 0. The lowest BCUT2D eigenvalue weighted by atomic mass is 9.80. The fourth-order valence-electron chi connectivity index (χ4n) is 4.75. The number of fused-ring (bicyclic) bond motifs is 1. The highest BCUT2D eigenvalue weighted by molar-refractivity contribution is 5.95. The van der Waals surface area contributed by atoms with Crippen molar-refractivity contribution in [3.8, 4) is 34.1 Å². The smallest absolute Gasteiger partial charge is 0.251 e. The number of aryl methyl sites for hydroxylation is 1. The molecule has 10 heteroatoms. The van der Waals surface area contributed by atoms with Crippen LogP contribution < -0.4 is 20.5 Å². The van der Waals surface area contributed by atoms with E-state index < -0.39 is 22.7 Å². The number of aliphatic hydroxyl groups is 1. The molecule has 212 valence electrons. The molecule has 5 rings (SSSR count). The summed E-state index contributed by atoms with van der Waals surface area (Å²) in [7, 11) is 1.50. The summed E-state index contributed by atoms with van der Waals surface area (Å²) in [5, 5.41) is 14.4. The highest BCUT2D eigenvalue weighted by atomic mass is 19.1. The molecule has 0 bridgehead atoms. The Hall–Kier alpha value is -4.70. The first-order chi connectivity index (χ1) is 19.4. The van der Waals surface area contributed by atoms with Crippen LogP contribution in [-0.2, 0) is 11.0 Å². The van der Waals surface area contributed by atoms with Crippen molar-refractivity contribution in [1.29, 1.82) is 0 Å². The predicted molar refractivity (Wildman–Crippen MR) is 151 cm³/mol.